The normalized spacial score (nSPS) is 12.0. The second kappa shape index (κ2) is 12.8. The molecule has 0 radical (unpaired) electrons. The molecule has 0 fully saturated rings. The fourth-order valence-corrected chi connectivity index (χ4v) is 3.76. The van der Waals surface area contributed by atoms with Gasteiger partial charge in [0.1, 0.15) is 18.2 Å². The van der Waals surface area contributed by atoms with Crippen LogP contribution in [0.5, 0.6) is 5.88 Å². The number of nitrogens with one attached hydrogen (secondary N) is 1. The Kier molecular flexibility index (Phi) is 9.15. The lowest BCUT2D eigenvalue weighted by Gasteiger charge is -2.19. The van der Waals surface area contributed by atoms with Gasteiger partial charge in [0, 0.05) is 12.7 Å². The zero-order valence-corrected chi connectivity index (χ0v) is 22.5. The van der Waals surface area contributed by atoms with Gasteiger partial charge in [-0.15, -0.1) is 5.10 Å². The topological polar surface area (TPSA) is 137 Å². The van der Waals surface area contributed by atoms with Gasteiger partial charge in [-0.05, 0) is 25.5 Å². The van der Waals surface area contributed by atoms with E-state index in [4.69, 9.17) is 9.47 Å². The number of anilines is 1. The number of amides is 1. The van der Waals surface area contributed by atoms with Gasteiger partial charge in [-0.2, -0.15) is 28.1 Å². The zero-order valence-electron chi connectivity index (χ0n) is 22.5. The zero-order chi connectivity index (χ0) is 31.3. The van der Waals surface area contributed by atoms with Crippen LogP contribution in [-0.2, 0) is 24.5 Å². The number of carbonyl (C=O) groups excluding carboxylic acids is 1. The predicted octanol–water partition coefficient (Wildman–Crippen LogP) is 4.29. The third-order valence-corrected chi connectivity index (χ3v) is 5.97. The molecule has 1 amide bonds. The lowest BCUT2D eigenvalue weighted by molar-refractivity contribution is -0.190. The highest BCUT2D eigenvalue weighted by molar-refractivity contribution is 6.06. The van der Waals surface area contributed by atoms with Crippen molar-refractivity contribution in [1.29, 1.82) is 5.26 Å². The van der Waals surface area contributed by atoms with E-state index in [9.17, 15) is 32.4 Å². The van der Waals surface area contributed by atoms with Crippen molar-refractivity contribution in [1.82, 2.24) is 24.3 Å². The van der Waals surface area contributed by atoms with E-state index in [1.807, 2.05) is 35.6 Å². The number of halogens is 5. The standard InChI is InChI=1S/C27H22F5N7O4/c1-3-38-21(14-42-13-16-7-5-4-6-8-16)37-39(26(38)41)23-19(28)9-18(25(36-23)43-15(2)27(30,31)32)24(40)35-22-17(10-33)11-34-12-20(22)29/h4-9,11-12,15H,3,13-14H2,1-2H3,(H,34,35,40). The van der Waals surface area contributed by atoms with E-state index in [1.54, 1.807) is 13.0 Å². The Balaban J connectivity index is 1.74. The Morgan fingerprint density at radius 1 is 1.14 bits per heavy atom. The van der Waals surface area contributed by atoms with Crippen molar-refractivity contribution < 1.29 is 36.2 Å². The number of pyridine rings is 2. The first-order valence-corrected chi connectivity index (χ1v) is 12.5. The maximum atomic E-state index is 15.4. The lowest BCUT2D eigenvalue weighted by atomic mass is 10.2. The molecule has 0 saturated carbocycles. The Morgan fingerprint density at radius 2 is 1.86 bits per heavy atom. The van der Waals surface area contributed by atoms with Gasteiger partial charge >= 0.3 is 11.9 Å². The molecule has 16 heteroatoms. The van der Waals surface area contributed by atoms with Crippen molar-refractivity contribution in [3.05, 3.63) is 93.4 Å². The molecule has 0 aliphatic rings. The molecule has 224 valence electrons. The Morgan fingerprint density at radius 3 is 2.51 bits per heavy atom. The second-order valence-corrected chi connectivity index (χ2v) is 8.89. The predicted molar refractivity (Wildman–Crippen MR) is 139 cm³/mol. The average molecular weight is 604 g/mol. The summed E-state index contributed by atoms with van der Waals surface area (Å²) < 4.78 is 82.0. The molecule has 43 heavy (non-hydrogen) atoms. The van der Waals surface area contributed by atoms with E-state index in [1.165, 1.54) is 0 Å². The molecule has 3 aromatic heterocycles. The lowest BCUT2D eigenvalue weighted by Crippen LogP contribution is -2.33. The number of benzene rings is 1. The molecule has 1 N–H and O–H groups in total. The Labute approximate surface area is 240 Å². The molecule has 4 rings (SSSR count). The molecule has 0 aliphatic heterocycles. The van der Waals surface area contributed by atoms with Gasteiger partial charge in [0.25, 0.3) is 5.91 Å². The van der Waals surface area contributed by atoms with E-state index in [2.05, 4.69) is 15.1 Å². The van der Waals surface area contributed by atoms with Crippen LogP contribution in [0.4, 0.5) is 27.6 Å². The van der Waals surface area contributed by atoms with Crippen LogP contribution in [0.15, 0.2) is 53.6 Å². The van der Waals surface area contributed by atoms with Gasteiger partial charge in [0.05, 0.1) is 24.1 Å². The minimum absolute atomic E-state index is 0.0646. The second-order valence-electron chi connectivity index (χ2n) is 8.89. The summed E-state index contributed by atoms with van der Waals surface area (Å²) in [5, 5.41) is 15.3. The first kappa shape index (κ1) is 30.8. The summed E-state index contributed by atoms with van der Waals surface area (Å²) in [6.07, 6.45) is -5.86. The van der Waals surface area contributed by atoms with Crippen molar-refractivity contribution in [2.75, 3.05) is 5.32 Å². The van der Waals surface area contributed by atoms with Crippen LogP contribution in [0.3, 0.4) is 0 Å². The summed E-state index contributed by atoms with van der Waals surface area (Å²) >= 11 is 0. The molecule has 1 atom stereocenters. The van der Waals surface area contributed by atoms with Crippen LogP contribution in [0, 0.1) is 23.0 Å². The van der Waals surface area contributed by atoms with Crippen LogP contribution in [-0.4, -0.2) is 42.5 Å². The first-order chi connectivity index (χ1) is 20.4. The van der Waals surface area contributed by atoms with Gasteiger partial charge in [-0.1, -0.05) is 30.3 Å². The number of rotatable bonds is 10. The number of nitrogens with zero attached hydrogens (tertiary/aromatic N) is 6. The highest BCUT2D eigenvalue weighted by Crippen LogP contribution is 2.29. The van der Waals surface area contributed by atoms with Crippen molar-refractivity contribution in [3.63, 3.8) is 0 Å². The molecular formula is C27H22F5N7O4. The van der Waals surface area contributed by atoms with E-state index in [0.717, 1.165) is 16.3 Å². The van der Waals surface area contributed by atoms with E-state index in [0.29, 0.717) is 23.9 Å². The Hall–Kier alpha value is -5.17. The summed E-state index contributed by atoms with van der Waals surface area (Å²) in [7, 11) is 0. The number of nitriles is 1. The number of carbonyl (C=O) groups is 1. The summed E-state index contributed by atoms with van der Waals surface area (Å²) in [6.45, 7) is 2.29. The van der Waals surface area contributed by atoms with Crippen LogP contribution in [0.1, 0.15) is 41.2 Å². The summed E-state index contributed by atoms with van der Waals surface area (Å²) in [5.74, 6) is -5.67. The largest absolute Gasteiger partial charge is 0.464 e. The fraction of sp³-hybridized carbons (Fsp3) is 0.259. The van der Waals surface area contributed by atoms with Crippen LogP contribution >= 0.6 is 0 Å². The van der Waals surface area contributed by atoms with Crippen molar-refractivity contribution in [2.45, 2.75) is 45.9 Å². The summed E-state index contributed by atoms with van der Waals surface area (Å²) in [4.78, 5) is 33.3. The third kappa shape index (κ3) is 6.84. The van der Waals surface area contributed by atoms with Gasteiger partial charge in [0.2, 0.25) is 5.88 Å². The molecule has 1 unspecified atom stereocenters. The van der Waals surface area contributed by atoms with E-state index >= 15 is 4.39 Å². The molecule has 4 aromatic rings. The molecule has 0 bridgehead atoms. The number of ether oxygens (including phenoxy) is 2. The van der Waals surface area contributed by atoms with Gasteiger partial charge in [-0.3, -0.25) is 14.3 Å². The first-order valence-electron chi connectivity index (χ1n) is 12.5. The quantitative estimate of drug-likeness (QED) is 0.265. The van der Waals surface area contributed by atoms with Gasteiger partial charge < -0.3 is 14.8 Å². The Bertz CT molecular complexity index is 1730. The molecule has 0 saturated heterocycles. The molecule has 0 spiro atoms. The molecule has 11 nitrogen and oxygen atoms in total. The number of hydrogen-bond donors (Lipinski definition) is 1. The minimum atomic E-state index is -4.93. The number of alkyl halides is 3. The molecule has 0 aliphatic carbocycles. The molecule has 3 heterocycles. The third-order valence-electron chi connectivity index (χ3n) is 5.97. The van der Waals surface area contributed by atoms with E-state index in [-0.39, 0.29) is 25.6 Å². The summed E-state index contributed by atoms with van der Waals surface area (Å²) in [6, 6.07) is 11.1. The fourth-order valence-electron chi connectivity index (χ4n) is 3.76. The monoisotopic (exact) mass is 603 g/mol. The smallest absolute Gasteiger partial charge is 0.425 e. The summed E-state index contributed by atoms with van der Waals surface area (Å²) in [5.41, 5.74) is -2.00. The maximum Gasteiger partial charge on any atom is 0.425 e. The molecule has 1 aromatic carbocycles. The number of hydrogen-bond acceptors (Lipinski definition) is 8. The van der Waals surface area contributed by atoms with Crippen LogP contribution in [0.25, 0.3) is 5.82 Å². The minimum Gasteiger partial charge on any atom is -0.464 e. The highest BCUT2D eigenvalue weighted by atomic mass is 19.4. The van der Waals surface area contributed by atoms with Crippen molar-refractivity contribution in [2.24, 2.45) is 0 Å². The SMILES string of the molecule is CCn1c(COCc2ccccc2)nn(-c2nc(OC(C)C(F)(F)F)c(C(=O)Nc3c(F)cncc3C#N)cc2F)c1=O. The van der Waals surface area contributed by atoms with Gasteiger partial charge in [-0.25, -0.2) is 13.6 Å². The average Bonchev–Trinajstić information content (AvgIpc) is 3.29. The van der Waals surface area contributed by atoms with Crippen molar-refractivity contribution in [3.8, 4) is 17.8 Å². The molecular weight excluding hydrogens is 581 g/mol. The van der Waals surface area contributed by atoms with Crippen molar-refractivity contribution >= 4 is 11.6 Å². The number of aromatic nitrogens is 5. The van der Waals surface area contributed by atoms with Crippen LogP contribution in [0.2, 0.25) is 0 Å². The highest BCUT2D eigenvalue weighted by Gasteiger charge is 2.39. The maximum absolute atomic E-state index is 15.4. The van der Waals surface area contributed by atoms with Gasteiger partial charge in [0.15, 0.2) is 29.4 Å². The van der Waals surface area contributed by atoms with E-state index < -0.39 is 64.0 Å². The van der Waals surface area contributed by atoms with Crippen LogP contribution < -0.4 is 15.7 Å².